The number of rotatable bonds is 5. The largest absolute Gasteiger partial charge is 0.512 e. The first kappa shape index (κ1) is 35.6. The van der Waals surface area contributed by atoms with Gasteiger partial charge >= 0.3 is 0 Å². The number of aryl methyl sites for hydroxylation is 4. The van der Waals surface area contributed by atoms with Gasteiger partial charge in [-0.3, -0.25) is 9.48 Å². The summed E-state index contributed by atoms with van der Waals surface area (Å²) in [6.07, 6.45) is 3.05. The molecule has 1 aliphatic heterocycles. The molecular formula is C42H39B2IrN2O2-. The number of ketones is 1. The van der Waals surface area contributed by atoms with Crippen LogP contribution in [0.2, 0.25) is 0 Å². The van der Waals surface area contributed by atoms with E-state index in [0.29, 0.717) is 0 Å². The molecule has 0 bridgehead atoms. The predicted molar refractivity (Wildman–Crippen MR) is 202 cm³/mol. The summed E-state index contributed by atoms with van der Waals surface area (Å²) in [5.41, 5.74) is 16.9. The Kier molecular flexibility index (Phi) is 11.1. The Morgan fingerprint density at radius 3 is 1.71 bits per heavy atom. The van der Waals surface area contributed by atoms with E-state index in [4.69, 9.17) is 5.11 Å². The van der Waals surface area contributed by atoms with Gasteiger partial charge in [0.1, 0.15) is 0 Å². The minimum Gasteiger partial charge on any atom is -0.512 e. The van der Waals surface area contributed by atoms with E-state index in [1.807, 2.05) is 29.1 Å². The first-order valence-corrected chi connectivity index (χ1v) is 16.4. The number of aromatic nitrogens is 2. The number of para-hydroxylation sites is 1. The number of carbonyl (C=O) groups excluding carboxylic acids is 1. The van der Waals surface area contributed by atoms with Gasteiger partial charge in [-0.2, -0.15) is 29.4 Å². The third kappa shape index (κ3) is 7.20. The van der Waals surface area contributed by atoms with Crippen LogP contribution >= 0.6 is 0 Å². The molecule has 7 rings (SSSR count). The SMILES string of the molecule is CC(=O)/C=C(/C)O.Cc1cccc(C)c1B1c2ccccc2B(c2c(C)cccc2C)c2cc(-c3ccnn3-c3[c-]cccc3)ccc21.[Ir]. The fourth-order valence-electron chi connectivity index (χ4n) is 7.33. The number of benzene rings is 5. The number of fused-ring (bicyclic) bond motifs is 2. The van der Waals surface area contributed by atoms with Gasteiger partial charge in [-0.15, -0.1) is 6.07 Å². The van der Waals surface area contributed by atoms with Gasteiger partial charge in [-0.1, -0.05) is 134 Å². The standard InChI is InChI=1S/C37H31B2N2.C5H8O2.Ir/c1-25-12-10-13-26(2)36(25)38-31-18-8-9-19-32(31)39(37-27(3)14-11-15-28(37)4)34-24-29(20-21-33(34)38)35-22-23-40-41(35)30-16-6-5-7-17-30;1-4(6)3-5(2)7;/h5-16,18-24H,1-4H3;3,6H,1-2H3;/q-1;;/b;4-3-;. The van der Waals surface area contributed by atoms with Gasteiger partial charge in [0.25, 0.3) is 0 Å². The zero-order chi connectivity index (χ0) is 33.9. The van der Waals surface area contributed by atoms with Gasteiger partial charge in [-0.25, -0.2) is 0 Å². The summed E-state index contributed by atoms with van der Waals surface area (Å²) in [7, 11) is 0. The molecule has 1 N–H and O–H groups in total. The normalized spacial score (nSPS) is 11.9. The minimum atomic E-state index is -0.125. The topological polar surface area (TPSA) is 55.1 Å². The van der Waals surface area contributed by atoms with Crippen LogP contribution in [0.3, 0.4) is 0 Å². The van der Waals surface area contributed by atoms with Crippen molar-refractivity contribution in [3.8, 4) is 16.9 Å². The molecule has 5 aromatic carbocycles. The Balaban J connectivity index is 0.000000532. The molecule has 0 aliphatic carbocycles. The second kappa shape index (κ2) is 15.2. The third-order valence-corrected chi connectivity index (χ3v) is 9.26. The van der Waals surface area contributed by atoms with Crippen LogP contribution in [0.25, 0.3) is 16.9 Å². The summed E-state index contributed by atoms with van der Waals surface area (Å²) in [4.78, 5) is 10.0. The Morgan fingerprint density at radius 1 is 0.694 bits per heavy atom. The molecule has 1 aromatic heterocycles. The fraction of sp³-hybridized carbons (Fsp3) is 0.143. The van der Waals surface area contributed by atoms with E-state index in [0.717, 1.165) is 16.9 Å². The molecule has 1 aliphatic rings. The smallest absolute Gasteiger partial charge is 0.240 e. The zero-order valence-corrected chi connectivity index (χ0v) is 31.2. The van der Waals surface area contributed by atoms with Gasteiger partial charge in [-0.05, 0) is 58.9 Å². The summed E-state index contributed by atoms with van der Waals surface area (Å²) >= 11 is 0. The maximum atomic E-state index is 10.0. The average molecular weight is 818 g/mol. The molecule has 2 heterocycles. The second-order valence-corrected chi connectivity index (χ2v) is 12.7. The van der Waals surface area contributed by atoms with Crippen molar-refractivity contribution in [1.82, 2.24) is 9.78 Å². The van der Waals surface area contributed by atoms with Crippen LogP contribution < -0.4 is 32.8 Å². The Labute approximate surface area is 304 Å². The molecule has 0 amide bonds. The number of aliphatic hydroxyl groups is 1. The molecule has 0 fully saturated rings. The molecule has 4 nitrogen and oxygen atoms in total. The molecule has 7 heteroatoms. The van der Waals surface area contributed by atoms with Crippen LogP contribution in [-0.2, 0) is 24.9 Å². The molecule has 0 saturated heterocycles. The van der Waals surface area contributed by atoms with Crippen LogP contribution in [-0.4, -0.2) is 34.1 Å². The van der Waals surface area contributed by atoms with Crippen LogP contribution in [0.5, 0.6) is 0 Å². The summed E-state index contributed by atoms with van der Waals surface area (Å²) in [5, 5.41) is 13.1. The Morgan fingerprint density at radius 2 is 1.22 bits per heavy atom. The van der Waals surface area contributed by atoms with Crippen molar-refractivity contribution in [2.45, 2.75) is 41.5 Å². The number of aliphatic hydroxyl groups excluding tert-OH is 1. The van der Waals surface area contributed by atoms with Crippen molar-refractivity contribution in [3.63, 3.8) is 0 Å². The Hall–Kier alpha value is -4.70. The van der Waals surface area contributed by atoms with Gasteiger partial charge < -0.3 is 5.11 Å². The van der Waals surface area contributed by atoms with E-state index in [-0.39, 0.29) is 45.1 Å². The number of allylic oxidation sites excluding steroid dienone is 2. The molecule has 6 aromatic rings. The van der Waals surface area contributed by atoms with E-state index in [2.05, 4.69) is 130 Å². The quantitative estimate of drug-likeness (QED) is 0.116. The maximum Gasteiger partial charge on any atom is 0.240 e. The first-order chi connectivity index (χ1) is 23.2. The van der Waals surface area contributed by atoms with Crippen molar-refractivity contribution in [1.29, 1.82) is 0 Å². The fourth-order valence-corrected chi connectivity index (χ4v) is 7.33. The molecule has 1 radical (unpaired) electrons. The number of hydrogen-bond acceptors (Lipinski definition) is 3. The molecule has 49 heavy (non-hydrogen) atoms. The van der Waals surface area contributed by atoms with Crippen molar-refractivity contribution in [2.75, 3.05) is 0 Å². The number of hydrogen-bond donors (Lipinski definition) is 1. The predicted octanol–water partition coefficient (Wildman–Crippen LogP) is 4.95. The molecule has 0 spiro atoms. The van der Waals surface area contributed by atoms with Crippen LogP contribution in [0, 0.1) is 33.8 Å². The van der Waals surface area contributed by atoms with E-state index >= 15 is 0 Å². The van der Waals surface area contributed by atoms with Gasteiger partial charge in [0.2, 0.25) is 13.4 Å². The van der Waals surface area contributed by atoms with Gasteiger partial charge in [0, 0.05) is 32.4 Å². The van der Waals surface area contributed by atoms with Crippen molar-refractivity contribution < 1.29 is 30.0 Å². The monoisotopic (exact) mass is 818 g/mol. The first-order valence-electron chi connectivity index (χ1n) is 16.4. The number of nitrogens with zero attached hydrogens (tertiary/aromatic N) is 2. The van der Waals surface area contributed by atoms with Crippen LogP contribution in [0.1, 0.15) is 36.1 Å². The van der Waals surface area contributed by atoms with E-state index in [1.54, 1.807) is 0 Å². The summed E-state index contributed by atoms with van der Waals surface area (Å²) in [6.45, 7) is 12.2. The summed E-state index contributed by atoms with van der Waals surface area (Å²) in [5.74, 6) is -0.0625. The number of carbonyl (C=O) groups is 1. The minimum absolute atomic E-state index is 0. The second-order valence-electron chi connectivity index (χ2n) is 12.7. The molecule has 0 saturated carbocycles. The molecule has 0 atom stereocenters. The van der Waals surface area contributed by atoms with E-state index in [9.17, 15) is 4.79 Å². The van der Waals surface area contributed by atoms with Crippen LogP contribution in [0.15, 0.2) is 127 Å². The summed E-state index contributed by atoms with van der Waals surface area (Å²) < 4.78 is 2.00. The zero-order valence-electron chi connectivity index (χ0n) is 28.8. The molecule has 0 unspecified atom stereocenters. The third-order valence-electron chi connectivity index (χ3n) is 9.26. The van der Waals surface area contributed by atoms with Gasteiger partial charge in [0.15, 0.2) is 5.78 Å². The Bertz CT molecular complexity index is 2110. The van der Waals surface area contributed by atoms with E-state index < -0.39 is 0 Å². The average Bonchev–Trinajstić information content (AvgIpc) is 3.55. The van der Waals surface area contributed by atoms with Gasteiger partial charge in [0.05, 0.1) is 11.5 Å². The van der Waals surface area contributed by atoms with Crippen molar-refractivity contribution >= 4 is 52.0 Å². The van der Waals surface area contributed by atoms with Crippen LogP contribution in [0.4, 0.5) is 0 Å². The van der Waals surface area contributed by atoms with Crippen molar-refractivity contribution in [3.05, 3.63) is 156 Å². The molecule has 245 valence electrons. The summed E-state index contributed by atoms with van der Waals surface area (Å²) in [6, 6.07) is 43.1. The van der Waals surface area contributed by atoms with Crippen molar-refractivity contribution in [2.24, 2.45) is 0 Å². The van der Waals surface area contributed by atoms with E-state index in [1.165, 1.54) is 75.0 Å². The molecular weight excluding hydrogens is 778 g/mol. The maximum absolute atomic E-state index is 10.0.